The third kappa shape index (κ3) is 2.58. The van der Waals surface area contributed by atoms with Crippen LogP contribution in [-0.4, -0.2) is 16.1 Å². The molecule has 82 valence electrons. The lowest BCUT2D eigenvalue weighted by Crippen LogP contribution is -2.03. The summed E-state index contributed by atoms with van der Waals surface area (Å²) in [4.78, 5) is 15.6. The molecule has 2 heterocycles. The number of thiophene rings is 1. The number of pyridine rings is 1. The van der Waals surface area contributed by atoms with E-state index < -0.39 is 5.97 Å². The fraction of sp³-hybridized carbons (Fsp3) is 0.0909. The molecule has 2 rings (SSSR count). The van der Waals surface area contributed by atoms with Crippen LogP contribution >= 0.6 is 11.3 Å². The number of nitrogens with zero attached hydrogens (tertiary/aromatic N) is 1. The van der Waals surface area contributed by atoms with Gasteiger partial charge in [0.2, 0.25) is 0 Å². The van der Waals surface area contributed by atoms with E-state index >= 15 is 0 Å². The molecule has 0 spiro atoms. The van der Waals surface area contributed by atoms with Crippen LogP contribution in [0.5, 0.6) is 0 Å². The highest BCUT2D eigenvalue weighted by Crippen LogP contribution is 2.13. The molecule has 5 heteroatoms. The topological polar surface area (TPSA) is 62.2 Å². The van der Waals surface area contributed by atoms with Crippen LogP contribution < -0.4 is 5.32 Å². The van der Waals surface area contributed by atoms with Gasteiger partial charge in [0.05, 0.1) is 0 Å². The first-order valence-corrected chi connectivity index (χ1v) is 5.59. The van der Waals surface area contributed by atoms with E-state index in [4.69, 9.17) is 5.11 Å². The molecule has 0 fully saturated rings. The molecule has 0 aromatic carbocycles. The summed E-state index contributed by atoms with van der Waals surface area (Å²) in [5, 5.41) is 13.9. The highest BCUT2D eigenvalue weighted by atomic mass is 32.1. The van der Waals surface area contributed by atoms with Gasteiger partial charge in [0, 0.05) is 23.3 Å². The van der Waals surface area contributed by atoms with Crippen molar-refractivity contribution in [2.24, 2.45) is 0 Å². The summed E-state index contributed by atoms with van der Waals surface area (Å²) in [6.07, 6.45) is 1.49. The monoisotopic (exact) mass is 234 g/mol. The molecule has 0 atom stereocenters. The minimum atomic E-state index is -1.01. The third-order valence-corrected chi connectivity index (χ3v) is 2.90. The van der Waals surface area contributed by atoms with Crippen LogP contribution in [0.2, 0.25) is 0 Å². The smallest absolute Gasteiger partial charge is 0.354 e. The normalized spacial score (nSPS) is 10.0. The maximum Gasteiger partial charge on any atom is 0.354 e. The van der Waals surface area contributed by atoms with Gasteiger partial charge in [0.1, 0.15) is 5.69 Å². The summed E-state index contributed by atoms with van der Waals surface area (Å²) in [5.41, 5.74) is 0.817. The van der Waals surface area contributed by atoms with Crippen molar-refractivity contribution in [1.82, 2.24) is 4.98 Å². The predicted octanol–water partition coefficient (Wildman–Crippen LogP) is 2.45. The molecule has 16 heavy (non-hydrogen) atoms. The van der Waals surface area contributed by atoms with Crippen LogP contribution in [0, 0.1) is 0 Å². The van der Waals surface area contributed by atoms with E-state index in [2.05, 4.69) is 10.3 Å². The van der Waals surface area contributed by atoms with Gasteiger partial charge in [-0.2, -0.15) is 0 Å². The van der Waals surface area contributed by atoms with Crippen molar-refractivity contribution in [3.8, 4) is 0 Å². The van der Waals surface area contributed by atoms with E-state index in [1.54, 1.807) is 17.4 Å². The van der Waals surface area contributed by atoms with Gasteiger partial charge in [-0.15, -0.1) is 11.3 Å². The van der Waals surface area contributed by atoms with E-state index in [0.29, 0.717) is 6.54 Å². The minimum Gasteiger partial charge on any atom is -0.477 e. The second-order valence-electron chi connectivity index (χ2n) is 3.17. The van der Waals surface area contributed by atoms with Crippen molar-refractivity contribution in [3.63, 3.8) is 0 Å². The molecule has 2 aromatic heterocycles. The SMILES string of the molecule is O=C(O)c1cc(NCc2cccs2)ccn1. The van der Waals surface area contributed by atoms with Crippen molar-refractivity contribution in [2.45, 2.75) is 6.54 Å². The number of hydrogen-bond acceptors (Lipinski definition) is 4. The van der Waals surface area contributed by atoms with Crippen LogP contribution in [0.3, 0.4) is 0 Å². The summed E-state index contributed by atoms with van der Waals surface area (Å²) in [6.45, 7) is 0.695. The maximum absolute atomic E-state index is 10.7. The largest absolute Gasteiger partial charge is 0.477 e. The molecule has 2 aromatic rings. The Kier molecular flexibility index (Phi) is 3.16. The van der Waals surface area contributed by atoms with Crippen molar-refractivity contribution < 1.29 is 9.90 Å². The lowest BCUT2D eigenvalue weighted by Gasteiger charge is -2.04. The van der Waals surface area contributed by atoms with Crippen LogP contribution in [0.15, 0.2) is 35.8 Å². The second-order valence-corrected chi connectivity index (χ2v) is 4.20. The van der Waals surface area contributed by atoms with Crippen LogP contribution in [0.4, 0.5) is 5.69 Å². The average molecular weight is 234 g/mol. The van der Waals surface area contributed by atoms with E-state index in [1.807, 2.05) is 17.5 Å². The zero-order valence-corrected chi connectivity index (χ0v) is 9.20. The maximum atomic E-state index is 10.7. The molecule has 0 saturated carbocycles. The average Bonchev–Trinajstić information content (AvgIpc) is 2.79. The zero-order chi connectivity index (χ0) is 11.4. The molecule has 4 nitrogen and oxygen atoms in total. The van der Waals surface area contributed by atoms with E-state index in [-0.39, 0.29) is 5.69 Å². The second kappa shape index (κ2) is 4.76. The van der Waals surface area contributed by atoms with Gasteiger partial charge in [-0.05, 0) is 23.6 Å². The van der Waals surface area contributed by atoms with Gasteiger partial charge in [0.25, 0.3) is 0 Å². The molecular formula is C11H10N2O2S. The molecule has 0 saturated heterocycles. The number of carboxylic acids is 1. The Hall–Kier alpha value is -1.88. The van der Waals surface area contributed by atoms with Gasteiger partial charge < -0.3 is 10.4 Å². The molecule has 0 radical (unpaired) electrons. The van der Waals surface area contributed by atoms with Crippen molar-refractivity contribution in [3.05, 3.63) is 46.4 Å². The lowest BCUT2D eigenvalue weighted by molar-refractivity contribution is 0.0690. The first-order valence-electron chi connectivity index (χ1n) is 4.71. The Morgan fingerprint density at radius 2 is 2.38 bits per heavy atom. The standard InChI is InChI=1S/C11H10N2O2S/c14-11(15)10-6-8(3-4-12-10)13-7-9-2-1-5-16-9/h1-6H,7H2,(H,12,13)(H,14,15). The molecule has 0 amide bonds. The number of aromatic carboxylic acids is 1. The van der Waals surface area contributed by atoms with Gasteiger partial charge in [0.15, 0.2) is 0 Å². The van der Waals surface area contributed by atoms with E-state index in [9.17, 15) is 4.79 Å². The summed E-state index contributed by atoms with van der Waals surface area (Å²) in [6, 6.07) is 7.28. The van der Waals surface area contributed by atoms with Gasteiger partial charge in [-0.1, -0.05) is 6.07 Å². The zero-order valence-electron chi connectivity index (χ0n) is 8.38. The van der Waals surface area contributed by atoms with Crippen molar-refractivity contribution in [2.75, 3.05) is 5.32 Å². The quantitative estimate of drug-likeness (QED) is 0.853. The number of hydrogen-bond donors (Lipinski definition) is 2. The molecule has 2 N–H and O–H groups in total. The fourth-order valence-corrected chi connectivity index (χ4v) is 1.90. The summed E-state index contributed by atoms with van der Waals surface area (Å²) < 4.78 is 0. The Labute approximate surface area is 96.6 Å². The Morgan fingerprint density at radius 3 is 3.06 bits per heavy atom. The number of aromatic nitrogens is 1. The number of carbonyl (C=O) groups is 1. The summed E-state index contributed by atoms with van der Waals surface area (Å²) in [7, 11) is 0. The molecular weight excluding hydrogens is 224 g/mol. The van der Waals surface area contributed by atoms with Gasteiger partial charge >= 0.3 is 5.97 Å². The first-order chi connectivity index (χ1) is 7.75. The molecule has 0 aliphatic rings. The highest BCUT2D eigenvalue weighted by molar-refractivity contribution is 7.09. The van der Waals surface area contributed by atoms with Gasteiger partial charge in [-0.25, -0.2) is 9.78 Å². The minimum absolute atomic E-state index is 0.0520. The number of rotatable bonds is 4. The Bertz CT molecular complexity index is 482. The molecule has 0 aliphatic carbocycles. The van der Waals surface area contributed by atoms with Crippen molar-refractivity contribution >= 4 is 23.0 Å². The van der Waals surface area contributed by atoms with Crippen LogP contribution in [0.25, 0.3) is 0 Å². The Morgan fingerprint density at radius 1 is 1.50 bits per heavy atom. The number of anilines is 1. The predicted molar refractivity (Wildman–Crippen MR) is 62.8 cm³/mol. The van der Waals surface area contributed by atoms with E-state index in [0.717, 1.165) is 5.69 Å². The van der Waals surface area contributed by atoms with Gasteiger partial charge in [-0.3, -0.25) is 0 Å². The third-order valence-electron chi connectivity index (χ3n) is 2.03. The van der Waals surface area contributed by atoms with Crippen LogP contribution in [-0.2, 0) is 6.54 Å². The van der Waals surface area contributed by atoms with Crippen molar-refractivity contribution in [1.29, 1.82) is 0 Å². The molecule has 0 unspecified atom stereocenters. The number of nitrogens with one attached hydrogen (secondary N) is 1. The molecule has 0 bridgehead atoms. The highest BCUT2D eigenvalue weighted by Gasteiger charge is 2.04. The molecule has 0 aliphatic heterocycles. The lowest BCUT2D eigenvalue weighted by atomic mass is 10.3. The number of carboxylic acid groups (broad SMARTS) is 1. The summed E-state index contributed by atoms with van der Waals surface area (Å²) in [5.74, 6) is -1.01. The fourth-order valence-electron chi connectivity index (χ4n) is 1.26. The van der Waals surface area contributed by atoms with E-state index in [1.165, 1.54) is 17.1 Å². The Balaban J connectivity index is 2.04. The van der Waals surface area contributed by atoms with Crippen LogP contribution in [0.1, 0.15) is 15.4 Å². The summed E-state index contributed by atoms with van der Waals surface area (Å²) >= 11 is 1.66. The first kappa shape index (κ1) is 10.6.